The number of aryl methyl sites for hydroxylation is 1. The van der Waals surface area contributed by atoms with Gasteiger partial charge in [-0.2, -0.15) is 0 Å². The van der Waals surface area contributed by atoms with Crippen molar-refractivity contribution in [2.75, 3.05) is 5.73 Å². The average Bonchev–Trinajstić information content (AvgIpc) is 2.38. The first-order valence-corrected chi connectivity index (χ1v) is 7.33. The fraction of sp³-hybridized carbons (Fsp3) is 0.368. The van der Waals surface area contributed by atoms with Gasteiger partial charge in [-0.3, -0.25) is 0 Å². The molecular formula is C19H27N. The molecule has 0 saturated carbocycles. The lowest BCUT2D eigenvalue weighted by Gasteiger charge is -2.10. The summed E-state index contributed by atoms with van der Waals surface area (Å²) >= 11 is 0. The van der Waals surface area contributed by atoms with Crippen LogP contribution in [0.5, 0.6) is 0 Å². The van der Waals surface area contributed by atoms with Crippen molar-refractivity contribution in [1.29, 1.82) is 0 Å². The number of anilines is 1. The van der Waals surface area contributed by atoms with Crippen molar-refractivity contribution in [3.05, 3.63) is 65.8 Å². The molecule has 0 saturated heterocycles. The first kappa shape index (κ1) is 16.3. The molecule has 2 N–H and O–H groups in total. The van der Waals surface area contributed by atoms with Gasteiger partial charge in [-0.25, -0.2) is 0 Å². The number of benzene rings is 1. The highest BCUT2D eigenvalue weighted by molar-refractivity contribution is 5.40. The van der Waals surface area contributed by atoms with Crippen molar-refractivity contribution >= 4 is 5.69 Å². The third kappa shape index (κ3) is 6.42. The Balaban J connectivity index is 2.36. The Morgan fingerprint density at radius 1 is 1.35 bits per heavy atom. The molecular weight excluding hydrogens is 242 g/mol. The second kappa shape index (κ2) is 8.42. The number of hydrogen-bond donors (Lipinski definition) is 1. The summed E-state index contributed by atoms with van der Waals surface area (Å²) in [6, 6.07) is 8.14. The summed E-state index contributed by atoms with van der Waals surface area (Å²) in [6.07, 6.45) is 9.74. The zero-order valence-electron chi connectivity index (χ0n) is 13.0. The normalized spacial score (nSPS) is 12.3. The molecule has 0 fully saturated rings. The highest BCUT2D eigenvalue weighted by Gasteiger charge is 2.03. The maximum absolute atomic E-state index is 5.79. The van der Waals surface area contributed by atoms with Crippen LogP contribution in [0.2, 0.25) is 0 Å². The van der Waals surface area contributed by atoms with Crippen molar-refractivity contribution in [3.63, 3.8) is 0 Å². The predicted octanol–water partition coefficient (Wildman–Crippen LogP) is 5.31. The smallest absolute Gasteiger partial charge is 0.0316 e. The first-order chi connectivity index (χ1) is 9.49. The lowest BCUT2D eigenvalue weighted by Crippen LogP contribution is -1.96. The molecule has 1 aromatic rings. The lowest BCUT2D eigenvalue weighted by atomic mass is 9.95. The lowest BCUT2D eigenvalue weighted by molar-refractivity contribution is 0.729. The monoisotopic (exact) mass is 269 g/mol. The minimum atomic E-state index is 0.437. The minimum absolute atomic E-state index is 0.437. The Hall–Kier alpha value is -1.76. The van der Waals surface area contributed by atoms with E-state index in [9.17, 15) is 0 Å². The molecule has 1 nitrogen and oxygen atoms in total. The summed E-state index contributed by atoms with van der Waals surface area (Å²) in [7, 11) is 0. The van der Waals surface area contributed by atoms with E-state index in [4.69, 9.17) is 5.73 Å². The third-order valence-corrected chi connectivity index (χ3v) is 3.39. The molecule has 0 heterocycles. The zero-order valence-corrected chi connectivity index (χ0v) is 13.0. The number of allylic oxidation sites excluding steroid dienone is 5. The van der Waals surface area contributed by atoms with Gasteiger partial charge >= 0.3 is 0 Å². The zero-order chi connectivity index (χ0) is 15.0. The van der Waals surface area contributed by atoms with E-state index in [0.29, 0.717) is 5.92 Å². The molecule has 1 aromatic carbocycles. The molecule has 1 heteroatoms. The van der Waals surface area contributed by atoms with E-state index in [1.807, 2.05) is 12.1 Å². The summed E-state index contributed by atoms with van der Waals surface area (Å²) < 4.78 is 0. The molecule has 1 rings (SSSR count). The van der Waals surface area contributed by atoms with Gasteiger partial charge in [0.15, 0.2) is 0 Å². The maximum Gasteiger partial charge on any atom is 0.0316 e. The van der Waals surface area contributed by atoms with Crippen LogP contribution < -0.4 is 5.73 Å². The standard InChI is InChI=1S/C19H27N/c1-15(2)8-5-9-16(3)17(4)10-6-11-18-12-7-13-19(20)14-18/h5,7-9,12-14,16H,4,6,10-11,20H2,1-3H3/b9-5-. The molecule has 108 valence electrons. The van der Waals surface area contributed by atoms with Gasteiger partial charge in [0.25, 0.3) is 0 Å². The number of nitrogens with two attached hydrogens (primary N) is 1. The minimum Gasteiger partial charge on any atom is -0.399 e. The topological polar surface area (TPSA) is 26.0 Å². The van der Waals surface area contributed by atoms with Gasteiger partial charge in [-0.05, 0) is 56.7 Å². The number of hydrogen-bond acceptors (Lipinski definition) is 1. The predicted molar refractivity (Wildman–Crippen MR) is 90.7 cm³/mol. The van der Waals surface area contributed by atoms with Crippen LogP contribution in [-0.2, 0) is 6.42 Å². The summed E-state index contributed by atoms with van der Waals surface area (Å²) in [5.74, 6) is 0.437. The van der Waals surface area contributed by atoms with Gasteiger partial charge in [0.05, 0.1) is 0 Å². The Bertz CT molecular complexity index is 490. The van der Waals surface area contributed by atoms with Gasteiger partial charge in [0.1, 0.15) is 0 Å². The second-order valence-corrected chi connectivity index (χ2v) is 5.67. The van der Waals surface area contributed by atoms with Crippen molar-refractivity contribution in [3.8, 4) is 0 Å². The molecule has 0 radical (unpaired) electrons. The van der Waals surface area contributed by atoms with E-state index >= 15 is 0 Å². The van der Waals surface area contributed by atoms with Gasteiger partial charge < -0.3 is 5.73 Å². The van der Waals surface area contributed by atoms with Gasteiger partial charge in [0, 0.05) is 5.69 Å². The van der Waals surface area contributed by atoms with Gasteiger partial charge in [-0.15, -0.1) is 0 Å². The Morgan fingerprint density at radius 2 is 2.10 bits per heavy atom. The second-order valence-electron chi connectivity index (χ2n) is 5.67. The van der Waals surface area contributed by atoms with Crippen LogP contribution in [0.25, 0.3) is 0 Å². The Morgan fingerprint density at radius 3 is 2.75 bits per heavy atom. The molecule has 0 aliphatic heterocycles. The highest BCUT2D eigenvalue weighted by Crippen LogP contribution is 2.18. The van der Waals surface area contributed by atoms with Crippen LogP contribution in [0.1, 0.15) is 39.2 Å². The molecule has 0 aromatic heterocycles. The van der Waals surface area contributed by atoms with Crippen LogP contribution in [0, 0.1) is 5.92 Å². The van der Waals surface area contributed by atoms with E-state index in [-0.39, 0.29) is 0 Å². The largest absolute Gasteiger partial charge is 0.399 e. The molecule has 0 bridgehead atoms. The van der Waals surface area contributed by atoms with Crippen LogP contribution in [0.15, 0.2) is 60.2 Å². The van der Waals surface area contributed by atoms with E-state index in [1.54, 1.807) is 0 Å². The quantitative estimate of drug-likeness (QED) is 0.405. The van der Waals surface area contributed by atoms with Crippen molar-refractivity contribution in [2.24, 2.45) is 5.92 Å². The van der Waals surface area contributed by atoms with Crippen LogP contribution in [-0.4, -0.2) is 0 Å². The average molecular weight is 269 g/mol. The third-order valence-electron chi connectivity index (χ3n) is 3.39. The summed E-state index contributed by atoms with van der Waals surface area (Å²) in [5.41, 5.74) is 10.6. The molecule has 0 spiro atoms. The van der Waals surface area contributed by atoms with E-state index in [1.165, 1.54) is 16.7 Å². The van der Waals surface area contributed by atoms with Crippen molar-refractivity contribution in [1.82, 2.24) is 0 Å². The van der Waals surface area contributed by atoms with E-state index < -0.39 is 0 Å². The summed E-state index contributed by atoms with van der Waals surface area (Å²) in [6.45, 7) is 10.6. The molecule has 0 aliphatic carbocycles. The van der Waals surface area contributed by atoms with Crippen molar-refractivity contribution in [2.45, 2.75) is 40.0 Å². The van der Waals surface area contributed by atoms with Crippen LogP contribution >= 0.6 is 0 Å². The molecule has 1 atom stereocenters. The molecule has 0 aliphatic rings. The van der Waals surface area contributed by atoms with E-state index in [2.05, 4.69) is 57.7 Å². The molecule has 1 unspecified atom stereocenters. The fourth-order valence-corrected chi connectivity index (χ4v) is 2.05. The maximum atomic E-state index is 5.79. The SMILES string of the molecule is C=C(CCCc1cccc(N)c1)C(C)/C=C\C=C(C)C. The van der Waals surface area contributed by atoms with Crippen LogP contribution in [0.4, 0.5) is 5.69 Å². The Kier molecular flexibility index (Phi) is 6.86. The molecule has 20 heavy (non-hydrogen) atoms. The first-order valence-electron chi connectivity index (χ1n) is 7.33. The number of rotatable bonds is 7. The molecule has 0 amide bonds. The summed E-state index contributed by atoms with van der Waals surface area (Å²) in [4.78, 5) is 0. The number of nitrogen functional groups attached to an aromatic ring is 1. The highest BCUT2D eigenvalue weighted by atomic mass is 14.5. The fourth-order valence-electron chi connectivity index (χ4n) is 2.05. The van der Waals surface area contributed by atoms with E-state index in [0.717, 1.165) is 24.9 Å². The van der Waals surface area contributed by atoms with Crippen LogP contribution in [0.3, 0.4) is 0 Å². The van der Waals surface area contributed by atoms with Crippen molar-refractivity contribution < 1.29 is 0 Å². The van der Waals surface area contributed by atoms with Gasteiger partial charge in [-0.1, -0.05) is 55.0 Å². The van der Waals surface area contributed by atoms with Gasteiger partial charge in [0.2, 0.25) is 0 Å². The summed E-state index contributed by atoms with van der Waals surface area (Å²) in [5, 5.41) is 0. The Labute approximate surface area is 123 Å².